The standard InChI is InChI=1S/C29H34NO4.FH/c1-2-3-4-5-6-7-8-9-10-23-28-21(11-12-25-29(28)34-19-31-25)15-24-22-17-27-26(32-18-33-27)16-20(22)13-14-30(23)24;/h11-12,15-17H,2-10,13-14,18-19H2,1H3;1H/q+1;/p-1. The molecular formula is C29H34FNO4. The highest BCUT2D eigenvalue weighted by atomic mass is 19.0. The van der Waals surface area contributed by atoms with Crippen LogP contribution < -0.4 is 28.2 Å². The summed E-state index contributed by atoms with van der Waals surface area (Å²) in [5.74, 6) is 3.50. The lowest BCUT2D eigenvalue weighted by atomic mass is 9.92. The molecule has 0 saturated heterocycles. The Morgan fingerprint density at radius 1 is 0.771 bits per heavy atom. The Morgan fingerprint density at radius 3 is 2.31 bits per heavy atom. The molecule has 3 aromatic rings. The molecule has 0 amide bonds. The van der Waals surface area contributed by atoms with Crippen LogP contribution in [0.4, 0.5) is 0 Å². The van der Waals surface area contributed by atoms with Crippen molar-refractivity contribution in [3.63, 3.8) is 0 Å². The second-order valence-corrected chi connectivity index (χ2v) is 9.73. The first kappa shape index (κ1) is 23.7. The molecule has 0 fully saturated rings. The van der Waals surface area contributed by atoms with Crippen LogP contribution >= 0.6 is 0 Å². The van der Waals surface area contributed by atoms with Gasteiger partial charge in [-0.2, -0.15) is 4.57 Å². The predicted molar refractivity (Wildman–Crippen MR) is 132 cm³/mol. The van der Waals surface area contributed by atoms with Crippen molar-refractivity contribution in [2.45, 2.75) is 77.7 Å². The van der Waals surface area contributed by atoms with Gasteiger partial charge in [-0.15, -0.1) is 0 Å². The summed E-state index contributed by atoms with van der Waals surface area (Å²) in [6.45, 7) is 3.86. The van der Waals surface area contributed by atoms with Gasteiger partial charge in [0.15, 0.2) is 35.2 Å². The lowest BCUT2D eigenvalue weighted by Gasteiger charge is -2.19. The molecular weight excluding hydrogens is 445 g/mol. The lowest BCUT2D eigenvalue weighted by molar-refractivity contribution is -0.693. The van der Waals surface area contributed by atoms with Gasteiger partial charge >= 0.3 is 0 Å². The largest absolute Gasteiger partial charge is 1.00 e. The van der Waals surface area contributed by atoms with Crippen LogP contribution in [0.25, 0.3) is 22.0 Å². The Hall–Kier alpha value is -3.02. The number of halogens is 1. The van der Waals surface area contributed by atoms with Crippen molar-refractivity contribution in [1.29, 1.82) is 0 Å². The van der Waals surface area contributed by atoms with E-state index in [0.717, 1.165) is 42.4 Å². The zero-order valence-corrected chi connectivity index (χ0v) is 20.5. The minimum Gasteiger partial charge on any atom is -1.00 e. The maximum Gasteiger partial charge on any atom is 0.231 e. The number of aryl methyl sites for hydroxylation is 2. The van der Waals surface area contributed by atoms with Gasteiger partial charge in [0.05, 0.1) is 10.9 Å². The zero-order chi connectivity index (χ0) is 22.9. The van der Waals surface area contributed by atoms with E-state index in [1.165, 1.54) is 84.7 Å². The molecule has 5 nitrogen and oxygen atoms in total. The van der Waals surface area contributed by atoms with E-state index in [0.29, 0.717) is 13.6 Å². The fourth-order valence-electron chi connectivity index (χ4n) is 5.74. The maximum atomic E-state index is 5.98. The Bertz CT molecular complexity index is 1230. The molecule has 0 N–H and O–H groups in total. The molecule has 4 heterocycles. The molecule has 0 saturated carbocycles. The number of pyridine rings is 1. The van der Waals surface area contributed by atoms with Crippen molar-refractivity contribution in [1.82, 2.24) is 0 Å². The van der Waals surface area contributed by atoms with Gasteiger partial charge in [0.2, 0.25) is 19.3 Å². The summed E-state index contributed by atoms with van der Waals surface area (Å²) in [7, 11) is 0. The van der Waals surface area contributed by atoms with E-state index in [4.69, 9.17) is 18.9 Å². The van der Waals surface area contributed by atoms with Gasteiger partial charge in [0, 0.05) is 18.9 Å². The molecule has 6 heteroatoms. The third-order valence-corrected chi connectivity index (χ3v) is 7.52. The zero-order valence-electron chi connectivity index (χ0n) is 20.5. The van der Waals surface area contributed by atoms with Crippen molar-refractivity contribution in [2.24, 2.45) is 0 Å². The van der Waals surface area contributed by atoms with Crippen molar-refractivity contribution in [2.75, 3.05) is 13.6 Å². The number of hydrogen-bond donors (Lipinski definition) is 0. The lowest BCUT2D eigenvalue weighted by Crippen LogP contribution is -3.00. The van der Waals surface area contributed by atoms with Gasteiger partial charge in [0.25, 0.3) is 0 Å². The van der Waals surface area contributed by atoms with Gasteiger partial charge in [-0.05, 0) is 41.6 Å². The van der Waals surface area contributed by atoms with Crippen molar-refractivity contribution >= 4 is 10.8 Å². The summed E-state index contributed by atoms with van der Waals surface area (Å²) in [6, 6.07) is 10.9. The van der Waals surface area contributed by atoms with E-state index in [2.05, 4.69) is 35.8 Å². The topological polar surface area (TPSA) is 40.8 Å². The Morgan fingerprint density at radius 2 is 1.49 bits per heavy atom. The minimum atomic E-state index is 0. The number of hydrogen-bond acceptors (Lipinski definition) is 4. The normalized spacial score (nSPS) is 14.5. The van der Waals surface area contributed by atoms with E-state index in [1.54, 1.807) is 0 Å². The molecule has 0 aliphatic carbocycles. The number of rotatable bonds is 9. The van der Waals surface area contributed by atoms with Gasteiger partial charge in [0.1, 0.15) is 0 Å². The van der Waals surface area contributed by atoms with Crippen LogP contribution in [-0.2, 0) is 19.4 Å². The summed E-state index contributed by atoms with van der Waals surface area (Å²) < 4.78 is 25.6. The number of aromatic nitrogens is 1. The predicted octanol–water partition coefficient (Wildman–Crippen LogP) is 3.50. The SMILES string of the molecule is CCCCCCCCCCc1c2c3c(ccc2cc2[n+]1CCc1cc4c(cc1-2)OCO4)OCO3.[F-]. The van der Waals surface area contributed by atoms with E-state index >= 15 is 0 Å². The molecule has 0 unspecified atom stereocenters. The highest BCUT2D eigenvalue weighted by molar-refractivity contribution is 5.94. The molecule has 0 spiro atoms. The number of ether oxygens (including phenoxy) is 4. The smallest absolute Gasteiger partial charge is 0.231 e. The summed E-state index contributed by atoms with van der Waals surface area (Å²) >= 11 is 0. The van der Waals surface area contributed by atoms with Gasteiger partial charge < -0.3 is 23.7 Å². The van der Waals surface area contributed by atoms with Crippen molar-refractivity contribution < 1.29 is 28.2 Å². The second-order valence-electron chi connectivity index (χ2n) is 9.73. The molecule has 3 aliphatic heterocycles. The van der Waals surface area contributed by atoms with E-state index in [-0.39, 0.29) is 4.70 Å². The van der Waals surface area contributed by atoms with Crippen molar-refractivity contribution in [3.8, 4) is 34.3 Å². The summed E-state index contributed by atoms with van der Waals surface area (Å²) in [5, 5.41) is 2.45. The highest BCUT2D eigenvalue weighted by Gasteiger charge is 2.33. The molecule has 35 heavy (non-hydrogen) atoms. The average Bonchev–Trinajstić information content (AvgIpc) is 3.52. The monoisotopic (exact) mass is 479 g/mol. The summed E-state index contributed by atoms with van der Waals surface area (Å²) in [4.78, 5) is 0. The molecule has 2 aromatic carbocycles. The van der Waals surface area contributed by atoms with E-state index in [9.17, 15) is 0 Å². The van der Waals surface area contributed by atoms with E-state index in [1.807, 2.05) is 6.07 Å². The molecule has 186 valence electrons. The van der Waals surface area contributed by atoms with Crippen LogP contribution in [0.2, 0.25) is 0 Å². The van der Waals surface area contributed by atoms with Crippen LogP contribution in [0, 0.1) is 0 Å². The van der Waals surface area contributed by atoms with Gasteiger partial charge in [-0.25, -0.2) is 0 Å². The first-order valence-corrected chi connectivity index (χ1v) is 13.0. The highest BCUT2D eigenvalue weighted by Crippen LogP contribution is 2.44. The molecule has 0 radical (unpaired) electrons. The molecule has 1 aromatic heterocycles. The molecule has 0 bridgehead atoms. The Kier molecular flexibility index (Phi) is 6.98. The quantitative estimate of drug-likeness (QED) is 0.348. The molecule has 6 rings (SSSR count). The first-order valence-electron chi connectivity index (χ1n) is 13.0. The van der Waals surface area contributed by atoms with Crippen molar-refractivity contribution in [3.05, 3.63) is 41.6 Å². The molecule has 0 atom stereocenters. The summed E-state index contributed by atoms with van der Waals surface area (Å²) in [6.07, 6.45) is 12.6. The van der Waals surface area contributed by atoms with Gasteiger partial charge in [-0.3, -0.25) is 0 Å². The number of nitrogens with zero attached hydrogens (tertiary/aromatic N) is 1. The van der Waals surface area contributed by atoms with Crippen LogP contribution in [0.5, 0.6) is 23.0 Å². The Labute approximate surface area is 206 Å². The fraction of sp³-hybridized carbons (Fsp3) is 0.483. The third kappa shape index (κ3) is 4.39. The Balaban J connectivity index is 0.00000253. The number of unbranched alkanes of at least 4 members (excludes halogenated alkanes) is 7. The third-order valence-electron chi connectivity index (χ3n) is 7.52. The minimum absolute atomic E-state index is 0. The second kappa shape index (κ2) is 10.3. The average molecular weight is 480 g/mol. The summed E-state index contributed by atoms with van der Waals surface area (Å²) in [5.41, 5.74) is 5.24. The number of fused-ring (bicyclic) bond motifs is 7. The van der Waals surface area contributed by atoms with Crippen LogP contribution in [0.15, 0.2) is 30.3 Å². The fourth-order valence-corrected chi connectivity index (χ4v) is 5.74. The van der Waals surface area contributed by atoms with Crippen LogP contribution in [0.1, 0.15) is 69.5 Å². The first-order chi connectivity index (χ1) is 16.8. The van der Waals surface area contributed by atoms with Gasteiger partial charge in [-0.1, -0.05) is 51.9 Å². The number of benzene rings is 2. The van der Waals surface area contributed by atoms with Crippen LogP contribution in [-0.4, -0.2) is 13.6 Å². The van der Waals surface area contributed by atoms with Crippen LogP contribution in [0.3, 0.4) is 0 Å². The molecule has 3 aliphatic rings. The maximum absolute atomic E-state index is 5.98. The van der Waals surface area contributed by atoms with E-state index < -0.39 is 0 Å².